The standard InChI is InChI=1S/C52H50F4N8O9S2/c1-3-17-74(69,70)63-41-15-13-39(53)45(47(41)55)49(67)37-25-61-51-35(37)19-33(23-59-51)31-9-5-29(6-10-31)21-57-43(65)27-73-28-44(66)58-22-30-7-11-32(12-8-30)34-20-36-38(26-62-52(36)60-24-34)50(68)46-40(54)14-16-42(48(46)56)64-75(71,72)18-4-2/h5-16,19-20,23-24,37-38,63-64H,3-4,17-18,21-22,25-28H2,1-2H3,(H,57,65)(H,58,66)(H,59,61)(H,60,62). The fourth-order valence-corrected chi connectivity index (χ4v) is 10.9. The third-order valence-electron chi connectivity index (χ3n) is 12.3. The average Bonchev–Trinajstić information content (AvgIpc) is 4.02. The van der Waals surface area contributed by atoms with Crippen molar-refractivity contribution in [1.29, 1.82) is 0 Å². The molecule has 0 saturated heterocycles. The van der Waals surface area contributed by atoms with E-state index in [0.29, 0.717) is 45.0 Å². The van der Waals surface area contributed by atoms with Gasteiger partial charge in [-0.25, -0.2) is 44.4 Å². The van der Waals surface area contributed by atoms with Crippen LogP contribution in [0, 0.1) is 23.3 Å². The van der Waals surface area contributed by atoms with Crippen LogP contribution in [0.15, 0.2) is 97.3 Å². The van der Waals surface area contributed by atoms with Gasteiger partial charge in [-0.2, -0.15) is 0 Å². The molecule has 0 bridgehead atoms. The molecule has 0 radical (unpaired) electrons. The first-order valence-electron chi connectivity index (χ1n) is 23.7. The molecule has 6 N–H and O–H groups in total. The minimum atomic E-state index is -3.92. The molecule has 17 nitrogen and oxygen atoms in total. The fourth-order valence-electron chi connectivity index (χ4n) is 8.60. The van der Waals surface area contributed by atoms with E-state index in [4.69, 9.17) is 4.74 Å². The largest absolute Gasteiger partial charge is 0.369 e. The van der Waals surface area contributed by atoms with Gasteiger partial charge >= 0.3 is 0 Å². The number of amides is 2. The summed E-state index contributed by atoms with van der Waals surface area (Å²) < 4.78 is 120. The van der Waals surface area contributed by atoms with Crippen LogP contribution in [0.4, 0.5) is 40.6 Å². The summed E-state index contributed by atoms with van der Waals surface area (Å²) in [7, 11) is -7.84. The Labute approximate surface area is 429 Å². The zero-order valence-electron chi connectivity index (χ0n) is 40.4. The van der Waals surface area contributed by atoms with Crippen molar-refractivity contribution in [2.45, 2.75) is 51.6 Å². The molecule has 2 amide bonds. The van der Waals surface area contributed by atoms with Crippen molar-refractivity contribution >= 4 is 66.4 Å². The molecule has 2 aromatic heterocycles. The van der Waals surface area contributed by atoms with Crippen LogP contribution >= 0.6 is 0 Å². The molecule has 2 atom stereocenters. The molecule has 4 aromatic carbocycles. The Morgan fingerprint density at radius 3 is 1.33 bits per heavy atom. The minimum Gasteiger partial charge on any atom is -0.369 e. The zero-order chi connectivity index (χ0) is 53.6. The molecule has 6 aromatic rings. The first-order chi connectivity index (χ1) is 35.8. The van der Waals surface area contributed by atoms with E-state index in [-0.39, 0.29) is 50.5 Å². The van der Waals surface area contributed by atoms with E-state index in [1.54, 1.807) is 86.9 Å². The number of nitrogens with one attached hydrogen (secondary N) is 6. The number of fused-ring (bicyclic) bond motifs is 2. The van der Waals surface area contributed by atoms with Gasteiger partial charge in [0.2, 0.25) is 31.9 Å². The van der Waals surface area contributed by atoms with E-state index in [1.165, 1.54) is 0 Å². The van der Waals surface area contributed by atoms with Gasteiger partial charge in [-0.05, 0) is 71.5 Å². The summed E-state index contributed by atoms with van der Waals surface area (Å²) in [6, 6.07) is 21.1. The van der Waals surface area contributed by atoms with Crippen LogP contribution in [0.2, 0.25) is 0 Å². The number of nitrogens with zero attached hydrogens (tertiary/aromatic N) is 2. The molecular weight excluding hydrogens is 1020 g/mol. The number of Topliss-reactive ketones (excluding diaryl/α,β-unsaturated/α-hetero) is 2. The van der Waals surface area contributed by atoms with Crippen LogP contribution in [0.5, 0.6) is 0 Å². The van der Waals surface area contributed by atoms with Crippen molar-refractivity contribution in [3.8, 4) is 22.3 Å². The number of pyridine rings is 2. The van der Waals surface area contributed by atoms with Crippen LogP contribution in [-0.4, -0.2) is 88.0 Å². The topological polar surface area (TPSA) is 244 Å². The van der Waals surface area contributed by atoms with Crippen molar-refractivity contribution < 1.29 is 58.3 Å². The number of ether oxygens (including phenoxy) is 1. The maximum Gasteiger partial charge on any atom is 0.246 e. The lowest BCUT2D eigenvalue weighted by atomic mass is 9.91. The van der Waals surface area contributed by atoms with Crippen LogP contribution in [-0.2, 0) is 47.5 Å². The second-order valence-corrected chi connectivity index (χ2v) is 21.5. The van der Waals surface area contributed by atoms with Crippen LogP contribution in [0.1, 0.15) is 81.5 Å². The normalized spacial score (nSPS) is 14.7. The van der Waals surface area contributed by atoms with Crippen molar-refractivity contribution in [2.75, 3.05) is 57.9 Å². The molecule has 4 heterocycles. The molecule has 0 fully saturated rings. The lowest BCUT2D eigenvalue weighted by Gasteiger charge is -2.15. The lowest BCUT2D eigenvalue weighted by Crippen LogP contribution is -2.31. The Bertz CT molecular complexity index is 3200. The maximum atomic E-state index is 15.5. The quantitative estimate of drug-likeness (QED) is 0.0287. The SMILES string of the molecule is CCCS(=O)(=O)Nc1ccc(F)c(C(=O)C2CNc3ncc(-c4ccc(CNC(=O)COCC(=O)NCc5ccc(-c6cnc7c(c6)C(C(=O)c6c(F)ccc(NS(=O)(=O)CCC)c6F)CN7)cc5)cc4)cc32)c1F. The molecule has 0 saturated carbocycles. The number of sulfonamides is 2. The van der Waals surface area contributed by atoms with Gasteiger partial charge in [0.05, 0.1) is 45.8 Å². The summed E-state index contributed by atoms with van der Waals surface area (Å²) in [6.45, 7) is 2.77. The van der Waals surface area contributed by atoms with Gasteiger partial charge in [0.25, 0.3) is 0 Å². The lowest BCUT2D eigenvalue weighted by molar-refractivity contribution is -0.131. The van der Waals surface area contributed by atoms with Crippen molar-refractivity contribution in [3.63, 3.8) is 0 Å². The van der Waals surface area contributed by atoms with Gasteiger partial charge in [0.1, 0.15) is 36.5 Å². The Balaban J connectivity index is 0.791. The van der Waals surface area contributed by atoms with Gasteiger partial charge in [0, 0.05) is 60.8 Å². The van der Waals surface area contributed by atoms with Gasteiger partial charge in [0.15, 0.2) is 23.2 Å². The van der Waals surface area contributed by atoms with E-state index in [9.17, 15) is 44.8 Å². The highest BCUT2D eigenvalue weighted by molar-refractivity contribution is 7.92. The van der Waals surface area contributed by atoms with Gasteiger partial charge in [-0.3, -0.25) is 28.6 Å². The van der Waals surface area contributed by atoms with Crippen molar-refractivity contribution in [2.24, 2.45) is 0 Å². The van der Waals surface area contributed by atoms with E-state index in [1.807, 2.05) is 0 Å². The third-order valence-corrected chi connectivity index (χ3v) is 15.3. The summed E-state index contributed by atoms with van der Waals surface area (Å²) in [5.74, 6) is -9.47. The van der Waals surface area contributed by atoms with Crippen LogP contribution < -0.4 is 30.7 Å². The zero-order valence-corrected chi connectivity index (χ0v) is 42.0. The number of anilines is 4. The number of halogens is 4. The first-order valence-corrected chi connectivity index (χ1v) is 27.0. The second kappa shape index (κ2) is 22.8. The summed E-state index contributed by atoms with van der Waals surface area (Å²) in [4.78, 5) is 61.2. The Kier molecular flexibility index (Phi) is 16.3. The number of ketones is 2. The van der Waals surface area contributed by atoms with E-state index < -0.39 is 114 Å². The third kappa shape index (κ3) is 12.4. The van der Waals surface area contributed by atoms with Crippen LogP contribution in [0.3, 0.4) is 0 Å². The Morgan fingerprint density at radius 1 is 0.573 bits per heavy atom. The van der Waals surface area contributed by atoms with Gasteiger partial charge < -0.3 is 26.0 Å². The number of hydrogen-bond acceptors (Lipinski definition) is 13. The molecule has 75 heavy (non-hydrogen) atoms. The summed E-state index contributed by atoms with van der Waals surface area (Å²) in [5, 5.41) is 11.4. The van der Waals surface area contributed by atoms with E-state index >= 15 is 8.78 Å². The second-order valence-electron chi connectivity index (χ2n) is 17.8. The molecule has 0 spiro atoms. The Morgan fingerprint density at radius 2 is 0.960 bits per heavy atom. The molecule has 392 valence electrons. The molecular formula is C52H50F4N8O9S2. The number of benzene rings is 4. The minimum absolute atomic E-state index is 0.0116. The summed E-state index contributed by atoms with van der Waals surface area (Å²) in [6.07, 6.45) is 3.68. The highest BCUT2D eigenvalue weighted by Crippen LogP contribution is 2.39. The number of rotatable bonds is 22. The average molecular weight is 1070 g/mol. The number of carbonyl (C=O) groups excluding carboxylic acids is 4. The maximum absolute atomic E-state index is 15.5. The fraction of sp³-hybridized carbons (Fsp3) is 0.269. The predicted octanol–water partition coefficient (Wildman–Crippen LogP) is 7.40. The highest BCUT2D eigenvalue weighted by Gasteiger charge is 2.36. The van der Waals surface area contributed by atoms with Crippen molar-refractivity contribution in [1.82, 2.24) is 20.6 Å². The number of aromatic nitrogens is 2. The van der Waals surface area contributed by atoms with Crippen LogP contribution in [0.25, 0.3) is 22.3 Å². The monoisotopic (exact) mass is 1070 g/mol. The van der Waals surface area contributed by atoms with Gasteiger partial charge in [-0.15, -0.1) is 0 Å². The predicted molar refractivity (Wildman–Crippen MR) is 273 cm³/mol. The summed E-state index contributed by atoms with van der Waals surface area (Å²) in [5.41, 5.74) is 2.10. The van der Waals surface area contributed by atoms with Gasteiger partial charge in [-0.1, -0.05) is 62.4 Å². The van der Waals surface area contributed by atoms with Crippen molar-refractivity contribution in [3.05, 3.63) is 154 Å². The Hall–Kier alpha value is -7.76. The molecule has 2 aliphatic heterocycles. The van der Waals surface area contributed by atoms with E-state index in [0.717, 1.165) is 35.4 Å². The molecule has 8 rings (SSSR count). The highest BCUT2D eigenvalue weighted by atomic mass is 32.2. The molecule has 2 aliphatic rings. The van der Waals surface area contributed by atoms with E-state index in [2.05, 4.69) is 40.7 Å². The smallest absolute Gasteiger partial charge is 0.246 e. The molecule has 2 unspecified atom stereocenters. The molecule has 23 heteroatoms. The number of carbonyl (C=O) groups is 4. The first kappa shape index (κ1) is 53.5. The number of hydrogen-bond donors (Lipinski definition) is 6. The summed E-state index contributed by atoms with van der Waals surface area (Å²) >= 11 is 0. The molecule has 0 aliphatic carbocycles.